The number of aliphatic hydroxyl groups excluding tert-OH is 1. The van der Waals surface area contributed by atoms with Crippen LogP contribution in [0.1, 0.15) is 54.4 Å². The van der Waals surface area contributed by atoms with Gasteiger partial charge in [0, 0.05) is 25.7 Å². The van der Waals surface area contributed by atoms with Gasteiger partial charge >= 0.3 is 16.3 Å². The van der Waals surface area contributed by atoms with Crippen LogP contribution in [0.2, 0.25) is 0 Å². The minimum absolute atomic E-state index is 0.131. The molecule has 1 amide bonds. The first-order valence-corrected chi connectivity index (χ1v) is 13.2. The Morgan fingerprint density at radius 2 is 2.03 bits per heavy atom. The molecule has 3 rings (SSSR count). The van der Waals surface area contributed by atoms with E-state index in [1.807, 2.05) is 23.1 Å². The quantitative estimate of drug-likeness (QED) is 0.388. The number of aliphatic hydroxyl groups is 1. The van der Waals surface area contributed by atoms with Crippen LogP contribution in [0.4, 0.5) is 16.6 Å². The molecule has 0 saturated carbocycles. The molecule has 0 aliphatic carbocycles. The Labute approximate surface area is 205 Å². The summed E-state index contributed by atoms with van der Waals surface area (Å²) >= 11 is 0. The standard InChI is InChI=1S/C21H36N8O5S/c1-7-15(13(3)30)24-19-25-17(16-18(26-19)28(8-2)12-22-16)23-14-9-10-29(11-14)35(32,33)27-20(31)34-21(4,5)6/h12-15,30H,7-11H2,1-6H3,(H,27,31)(H2,23,24,25,26)/t13-,14+,15+/m1/s1. The van der Waals surface area contributed by atoms with E-state index in [2.05, 4.69) is 25.6 Å². The SMILES string of the molecule is CC[C@H](Nc1nc(N[C@H]2CCN(S(=O)(=O)NC(=O)OC(C)(C)C)C2)c2ncn(CC)c2n1)[C@@H](C)O. The Bertz CT molecular complexity index is 1140. The van der Waals surface area contributed by atoms with E-state index < -0.39 is 28.0 Å². The zero-order valence-corrected chi connectivity index (χ0v) is 21.9. The van der Waals surface area contributed by atoms with Crippen LogP contribution >= 0.6 is 0 Å². The number of amides is 1. The maximum atomic E-state index is 12.7. The number of hydrogen-bond acceptors (Lipinski definition) is 10. The van der Waals surface area contributed by atoms with E-state index in [4.69, 9.17) is 4.74 Å². The maximum absolute atomic E-state index is 12.7. The topological polar surface area (TPSA) is 164 Å². The van der Waals surface area contributed by atoms with Gasteiger partial charge in [-0.05, 0) is 47.5 Å². The molecule has 1 aliphatic heterocycles. The smallest absolute Gasteiger partial charge is 0.422 e. The highest BCUT2D eigenvalue weighted by Gasteiger charge is 2.34. The number of anilines is 2. The molecule has 1 aliphatic rings. The van der Waals surface area contributed by atoms with Crippen molar-refractivity contribution < 1.29 is 23.1 Å². The van der Waals surface area contributed by atoms with Crippen molar-refractivity contribution in [3.63, 3.8) is 0 Å². The molecule has 14 heteroatoms. The monoisotopic (exact) mass is 512 g/mol. The summed E-state index contributed by atoms with van der Waals surface area (Å²) in [6.45, 7) is 11.6. The summed E-state index contributed by atoms with van der Waals surface area (Å²) in [5.74, 6) is 0.812. The third kappa shape index (κ3) is 6.70. The molecule has 0 aromatic carbocycles. The molecule has 1 saturated heterocycles. The largest absolute Gasteiger partial charge is 0.443 e. The van der Waals surface area contributed by atoms with E-state index in [-0.39, 0.29) is 25.2 Å². The molecular weight excluding hydrogens is 476 g/mol. The minimum Gasteiger partial charge on any atom is -0.443 e. The summed E-state index contributed by atoms with van der Waals surface area (Å²) in [6.07, 6.45) is 1.24. The predicted molar refractivity (Wildman–Crippen MR) is 132 cm³/mol. The minimum atomic E-state index is -4.06. The van der Waals surface area contributed by atoms with Gasteiger partial charge in [0.2, 0.25) is 5.95 Å². The molecule has 4 N–H and O–H groups in total. The van der Waals surface area contributed by atoms with Crippen LogP contribution in [0.3, 0.4) is 0 Å². The van der Waals surface area contributed by atoms with Crippen LogP contribution in [0.15, 0.2) is 6.33 Å². The molecular formula is C21H36N8O5S. The van der Waals surface area contributed by atoms with Gasteiger partial charge in [0.1, 0.15) is 5.60 Å². The van der Waals surface area contributed by atoms with Crippen LogP contribution in [0.25, 0.3) is 11.2 Å². The molecule has 3 heterocycles. The van der Waals surface area contributed by atoms with Crippen molar-refractivity contribution in [2.45, 2.75) is 84.7 Å². The van der Waals surface area contributed by atoms with Crippen LogP contribution in [-0.2, 0) is 21.5 Å². The van der Waals surface area contributed by atoms with Gasteiger partial charge in [-0.25, -0.2) is 14.5 Å². The Balaban J connectivity index is 1.78. The normalized spacial score (nSPS) is 18.9. The highest BCUT2D eigenvalue weighted by atomic mass is 32.2. The number of hydrogen-bond donors (Lipinski definition) is 4. The van der Waals surface area contributed by atoms with E-state index in [1.165, 1.54) is 4.31 Å². The molecule has 0 spiro atoms. The molecule has 196 valence electrons. The number of aromatic nitrogens is 4. The van der Waals surface area contributed by atoms with Gasteiger partial charge in [-0.3, -0.25) is 0 Å². The van der Waals surface area contributed by atoms with Gasteiger partial charge in [0.25, 0.3) is 0 Å². The second kappa shape index (κ2) is 10.5. The van der Waals surface area contributed by atoms with Gasteiger partial charge < -0.3 is 25.0 Å². The fourth-order valence-electron chi connectivity index (χ4n) is 3.80. The van der Waals surface area contributed by atoms with Crippen LogP contribution in [-0.4, -0.2) is 80.3 Å². The van der Waals surface area contributed by atoms with Crippen LogP contribution in [0, 0.1) is 0 Å². The van der Waals surface area contributed by atoms with E-state index in [0.29, 0.717) is 42.3 Å². The highest BCUT2D eigenvalue weighted by Crippen LogP contribution is 2.25. The number of carbonyl (C=O) groups excluding carboxylic acids is 1. The number of nitrogens with zero attached hydrogens (tertiary/aromatic N) is 5. The lowest BCUT2D eigenvalue weighted by atomic mass is 10.1. The zero-order chi connectivity index (χ0) is 26.0. The summed E-state index contributed by atoms with van der Waals surface area (Å²) in [5, 5.41) is 16.5. The van der Waals surface area contributed by atoms with E-state index in [1.54, 1.807) is 34.0 Å². The Hall–Kier alpha value is -2.71. The fraction of sp³-hybridized carbons (Fsp3) is 0.714. The molecule has 3 atom stereocenters. The van der Waals surface area contributed by atoms with Crippen molar-refractivity contribution in [3.05, 3.63) is 6.33 Å². The van der Waals surface area contributed by atoms with Crippen molar-refractivity contribution in [2.75, 3.05) is 23.7 Å². The molecule has 0 unspecified atom stereocenters. The Morgan fingerprint density at radius 1 is 1.31 bits per heavy atom. The van der Waals surface area contributed by atoms with Crippen molar-refractivity contribution >= 4 is 39.2 Å². The summed E-state index contributed by atoms with van der Waals surface area (Å²) < 4.78 is 35.4. The summed E-state index contributed by atoms with van der Waals surface area (Å²) in [7, 11) is -4.06. The second-order valence-corrected chi connectivity index (χ2v) is 11.3. The molecule has 35 heavy (non-hydrogen) atoms. The predicted octanol–water partition coefficient (Wildman–Crippen LogP) is 1.67. The number of imidazole rings is 1. The lowest BCUT2D eigenvalue weighted by Crippen LogP contribution is -2.45. The summed E-state index contributed by atoms with van der Waals surface area (Å²) in [5.41, 5.74) is 0.378. The van der Waals surface area contributed by atoms with Crippen molar-refractivity contribution in [1.82, 2.24) is 28.5 Å². The van der Waals surface area contributed by atoms with E-state index >= 15 is 0 Å². The number of nitrogens with one attached hydrogen (secondary N) is 3. The molecule has 0 bridgehead atoms. The Kier molecular flexibility index (Phi) is 8.07. The maximum Gasteiger partial charge on any atom is 0.422 e. The lowest BCUT2D eigenvalue weighted by Gasteiger charge is -2.22. The van der Waals surface area contributed by atoms with Crippen molar-refractivity contribution in [2.24, 2.45) is 0 Å². The first-order chi connectivity index (χ1) is 16.3. The van der Waals surface area contributed by atoms with Gasteiger partial charge in [0.05, 0.1) is 18.5 Å². The average Bonchev–Trinajstić information content (AvgIpc) is 3.37. The lowest BCUT2D eigenvalue weighted by molar-refractivity contribution is 0.0567. The molecule has 2 aromatic rings. The summed E-state index contributed by atoms with van der Waals surface area (Å²) in [6, 6.07) is -0.494. The average molecular weight is 513 g/mol. The number of ether oxygens (including phenoxy) is 1. The second-order valence-electron chi connectivity index (χ2n) is 9.60. The van der Waals surface area contributed by atoms with Crippen molar-refractivity contribution in [3.8, 4) is 0 Å². The molecule has 0 radical (unpaired) electrons. The third-order valence-electron chi connectivity index (χ3n) is 5.58. The zero-order valence-electron chi connectivity index (χ0n) is 21.1. The molecule has 13 nitrogen and oxygen atoms in total. The van der Waals surface area contributed by atoms with Gasteiger partial charge in [0.15, 0.2) is 17.0 Å². The van der Waals surface area contributed by atoms with Gasteiger partial charge in [-0.15, -0.1) is 0 Å². The fourth-order valence-corrected chi connectivity index (χ4v) is 4.90. The molecule has 1 fully saturated rings. The number of fused-ring (bicyclic) bond motifs is 1. The van der Waals surface area contributed by atoms with Gasteiger partial charge in [-0.1, -0.05) is 6.92 Å². The third-order valence-corrected chi connectivity index (χ3v) is 7.02. The van der Waals surface area contributed by atoms with Crippen molar-refractivity contribution in [1.29, 1.82) is 0 Å². The van der Waals surface area contributed by atoms with E-state index in [9.17, 15) is 18.3 Å². The first kappa shape index (κ1) is 26.9. The number of aryl methyl sites for hydroxylation is 1. The van der Waals surface area contributed by atoms with Crippen LogP contribution < -0.4 is 15.4 Å². The van der Waals surface area contributed by atoms with Gasteiger partial charge in [-0.2, -0.15) is 22.7 Å². The summed E-state index contributed by atoms with van der Waals surface area (Å²) in [4.78, 5) is 25.6. The van der Waals surface area contributed by atoms with E-state index in [0.717, 1.165) is 0 Å². The van der Waals surface area contributed by atoms with Crippen LogP contribution in [0.5, 0.6) is 0 Å². The Morgan fingerprint density at radius 3 is 2.63 bits per heavy atom. The number of carbonyl (C=O) groups is 1. The number of rotatable bonds is 9. The first-order valence-electron chi connectivity index (χ1n) is 11.8. The highest BCUT2D eigenvalue weighted by molar-refractivity contribution is 7.87. The molecule has 2 aromatic heterocycles.